The molecular formula is C14H13N3O2S. The maximum absolute atomic E-state index is 11.1. The van der Waals surface area contributed by atoms with Crippen molar-refractivity contribution in [3.8, 4) is 11.3 Å². The predicted octanol–water partition coefficient (Wildman–Crippen LogP) is 2.78. The smallest absolute Gasteiger partial charge is 0.223 e. The molecule has 0 atom stereocenters. The molecule has 0 fully saturated rings. The average Bonchev–Trinajstić information content (AvgIpc) is 3.02. The number of hydrogen-bond donors (Lipinski definition) is 1. The van der Waals surface area contributed by atoms with E-state index in [1.165, 1.54) is 18.3 Å². The Labute approximate surface area is 119 Å². The fraction of sp³-hybridized carbons (Fsp3) is 0.143. The van der Waals surface area contributed by atoms with Crippen molar-refractivity contribution >= 4 is 33.3 Å². The summed E-state index contributed by atoms with van der Waals surface area (Å²) in [6.07, 6.45) is 1.90. The predicted molar refractivity (Wildman–Crippen MR) is 79.9 cm³/mol. The van der Waals surface area contributed by atoms with Gasteiger partial charge in [0.2, 0.25) is 5.91 Å². The number of carbonyl (C=O) groups is 1. The molecule has 0 saturated carbocycles. The van der Waals surface area contributed by atoms with E-state index >= 15 is 0 Å². The number of para-hydroxylation sites is 1. The number of thiazole rings is 1. The molecule has 5 nitrogen and oxygen atoms in total. The minimum atomic E-state index is -0.120. The van der Waals surface area contributed by atoms with Gasteiger partial charge in [0.1, 0.15) is 7.11 Å². The quantitative estimate of drug-likeness (QED) is 0.806. The second-order valence-electron chi connectivity index (χ2n) is 4.29. The summed E-state index contributed by atoms with van der Waals surface area (Å²) in [4.78, 5) is 20.8. The first kappa shape index (κ1) is 12.7. The van der Waals surface area contributed by atoms with Gasteiger partial charge in [-0.2, -0.15) is 4.73 Å². The van der Waals surface area contributed by atoms with Crippen LogP contribution in [0.2, 0.25) is 0 Å². The Morgan fingerprint density at radius 1 is 1.40 bits per heavy atom. The van der Waals surface area contributed by atoms with Crippen LogP contribution in [0.5, 0.6) is 0 Å². The normalized spacial score (nSPS) is 10.7. The molecule has 102 valence electrons. The number of nitrogens with zero attached hydrogens (tertiary/aromatic N) is 2. The van der Waals surface area contributed by atoms with Crippen molar-refractivity contribution in [2.24, 2.45) is 0 Å². The van der Waals surface area contributed by atoms with Gasteiger partial charge in [-0.15, -0.1) is 11.3 Å². The summed E-state index contributed by atoms with van der Waals surface area (Å²) in [6, 6.07) is 7.96. The highest BCUT2D eigenvalue weighted by molar-refractivity contribution is 7.14. The Morgan fingerprint density at radius 2 is 2.20 bits per heavy atom. The second-order valence-corrected chi connectivity index (χ2v) is 5.15. The molecule has 1 aromatic carbocycles. The molecule has 1 N–H and O–H groups in total. The van der Waals surface area contributed by atoms with E-state index in [0.717, 1.165) is 22.2 Å². The molecule has 2 heterocycles. The Bertz CT molecular complexity index is 776. The van der Waals surface area contributed by atoms with E-state index in [-0.39, 0.29) is 5.91 Å². The summed E-state index contributed by atoms with van der Waals surface area (Å²) in [7, 11) is 1.63. The number of aromatic nitrogens is 2. The van der Waals surface area contributed by atoms with E-state index in [1.54, 1.807) is 11.8 Å². The van der Waals surface area contributed by atoms with Crippen LogP contribution < -0.4 is 10.2 Å². The summed E-state index contributed by atoms with van der Waals surface area (Å²) in [5.41, 5.74) is 2.79. The molecule has 0 bridgehead atoms. The monoisotopic (exact) mass is 287 g/mol. The SMILES string of the molecule is COn1cc(-c2csc(NC(C)=O)n2)c2ccccc21. The van der Waals surface area contributed by atoms with Gasteiger partial charge in [-0.25, -0.2) is 4.98 Å². The molecule has 0 unspecified atom stereocenters. The van der Waals surface area contributed by atoms with Gasteiger partial charge in [-0.1, -0.05) is 18.2 Å². The molecular weight excluding hydrogens is 274 g/mol. The summed E-state index contributed by atoms with van der Waals surface area (Å²) in [5.74, 6) is -0.120. The van der Waals surface area contributed by atoms with E-state index in [0.29, 0.717) is 5.13 Å². The Hall–Kier alpha value is -2.34. The molecule has 0 saturated heterocycles. The van der Waals surface area contributed by atoms with Crippen molar-refractivity contribution in [2.45, 2.75) is 6.92 Å². The third-order valence-electron chi connectivity index (χ3n) is 2.94. The fourth-order valence-corrected chi connectivity index (χ4v) is 2.87. The minimum absolute atomic E-state index is 0.120. The molecule has 20 heavy (non-hydrogen) atoms. The molecule has 0 aliphatic rings. The number of fused-ring (bicyclic) bond motifs is 1. The Morgan fingerprint density at radius 3 is 2.95 bits per heavy atom. The van der Waals surface area contributed by atoms with Crippen molar-refractivity contribution < 1.29 is 9.63 Å². The van der Waals surface area contributed by atoms with Crippen LogP contribution in [0.4, 0.5) is 5.13 Å². The van der Waals surface area contributed by atoms with Crippen molar-refractivity contribution in [3.63, 3.8) is 0 Å². The first-order valence-electron chi connectivity index (χ1n) is 6.07. The number of benzene rings is 1. The minimum Gasteiger partial charge on any atom is -0.417 e. The van der Waals surface area contributed by atoms with E-state index in [9.17, 15) is 4.79 Å². The number of carbonyl (C=O) groups excluding carboxylic acids is 1. The van der Waals surface area contributed by atoms with Gasteiger partial charge < -0.3 is 10.2 Å². The Balaban J connectivity index is 2.10. The van der Waals surface area contributed by atoms with Gasteiger partial charge in [0.05, 0.1) is 17.4 Å². The van der Waals surface area contributed by atoms with E-state index < -0.39 is 0 Å². The first-order chi connectivity index (χ1) is 9.69. The van der Waals surface area contributed by atoms with Gasteiger partial charge in [0.15, 0.2) is 5.13 Å². The Kier molecular flexibility index (Phi) is 3.15. The van der Waals surface area contributed by atoms with Crippen LogP contribution in [-0.4, -0.2) is 22.7 Å². The molecule has 2 aromatic heterocycles. The molecule has 6 heteroatoms. The lowest BCUT2D eigenvalue weighted by Crippen LogP contribution is -2.04. The molecule has 1 amide bonds. The fourth-order valence-electron chi connectivity index (χ4n) is 2.11. The standard InChI is InChI=1S/C14H13N3O2S/c1-9(18)15-14-16-12(8-20-14)11-7-17(19-2)13-6-4-3-5-10(11)13/h3-8H,1-2H3,(H,15,16,18). The zero-order valence-corrected chi connectivity index (χ0v) is 11.9. The third kappa shape index (κ3) is 2.14. The number of amides is 1. The van der Waals surface area contributed by atoms with Gasteiger partial charge in [0.25, 0.3) is 0 Å². The number of nitrogens with one attached hydrogen (secondary N) is 1. The van der Waals surface area contributed by atoms with Crippen LogP contribution in [0.15, 0.2) is 35.8 Å². The lowest BCUT2D eigenvalue weighted by atomic mass is 10.1. The van der Waals surface area contributed by atoms with Crippen LogP contribution in [0, 0.1) is 0 Å². The third-order valence-corrected chi connectivity index (χ3v) is 3.70. The average molecular weight is 287 g/mol. The summed E-state index contributed by atoms with van der Waals surface area (Å²) < 4.78 is 1.71. The highest BCUT2D eigenvalue weighted by Gasteiger charge is 2.13. The van der Waals surface area contributed by atoms with Crippen LogP contribution in [0.1, 0.15) is 6.92 Å². The highest BCUT2D eigenvalue weighted by atomic mass is 32.1. The molecule has 0 spiro atoms. The molecule has 3 aromatic rings. The lowest BCUT2D eigenvalue weighted by molar-refractivity contribution is -0.114. The molecule has 0 radical (unpaired) electrons. The number of hydrogen-bond acceptors (Lipinski definition) is 4. The van der Waals surface area contributed by atoms with Gasteiger partial charge in [-0.3, -0.25) is 4.79 Å². The zero-order chi connectivity index (χ0) is 14.1. The highest BCUT2D eigenvalue weighted by Crippen LogP contribution is 2.32. The zero-order valence-electron chi connectivity index (χ0n) is 11.1. The maximum Gasteiger partial charge on any atom is 0.223 e. The number of anilines is 1. The van der Waals surface area contributed by atoms with Crippen LogP contribution in [0.25, 0.3) is 22.2 Å². The summed E-state index contributed by atoms with van der Waals surface area (Å²) in [6.45, 7) is 1.47. The number of rotatable bonds is 3. The van der Waals surface area contributed by atoms with Crippen molar-refractivity contribution in [1.29, 1.82) is 0 Å². The largest absolute Gasteiger partial charge is 0.417 e. The van der Waals surface area contributed by atoms with Gasteiger partial charge in [0, 0.05) is 23.3 Å². The summed E-state index contributed by atoms with van der Waals surface area (Å²) >= 11 is 1.40. The van der Waals surface area contributed by atoms with Crippen LogP contribution >= 0.6 is 11.3 Å². The van der Waals surface area contributed by atoms with E-state index in [4.69, 9.17) is 4.84 Å². The first-order valence-corrected chi connectivity index (χ1v) is 6.95. The molecule has 0 aliphatic carbocycles. The van der Waals surface area contributed by atoms with E-state index in [2.05, 4.69) is 10.3 Å². The maximum atomic E-state index is 11.1. The van der Waals surface area contributed by atoms with Gasteiger partial charge in [-0.05, 0) is 6.07 Å². The van der Waals surface area contributed by atoms with Crippen LogP contribution in [0.3, 0.4) is 0 Å². The topological polar surface area (TPSA) is 56.1 Å². The second kappa shape index (κ2) is 4.97. The van der Waals surface area contributed by atoms with Crippen molar-refractivity contribution in [3.05, 3.63) is 35.8 Å². The van der Waals surface area contributed by atoms with Crippen molar-refractivity contribution in [2.75, 3.05) is 12.4 Å². The van der Waals surface area contributed by atoms with Crippen LogP contribution in [-0.2, 0) is 4.79 Å². The van der Waals surface area contributed by atoms with E-state index in [1.807, 2.05) is 35.8 Å². The molecule has 3 rings (SSSR count). The van der Waals surface area contributed by atoms with Gasteiger partial charge >= 0.3 is 0 Å². The van der Waals surface area contributed by atoms with Crippen molar-refractivity contribution in [1.82, 2.24) is 9.71 Å². The lowest BCUT2D eigenvalue weighted by Gasteiger charge is -1.99. The molecule has 0 aliphatic heterocycles. The summed E-state index contributed by atoms with van der Waals surface area (Å²) in [5, 5.41) is 6.28.